The van der Waals surface area contributed by atoms with Gasteiger partial charge in [-0.25, -0.2) is 4.39 Å². The molecule has 14 heteroatoms. The number of anilines is 4. The molecular formula is C30H34ClFN6O6. The van der Waals surface area contributed by atoms with Crippen LogP contribution in [0.25, 0.3) is 0 Å². The van der Waals surface area contributed by atoms with E-state index in [1.807, 2.05) is 28.8 Å². The number of nitrogens with zero attached hydrogens (tertiary/aromatic N) is 5. The fraction of sp³-hybridized carbons (Fsp3) is 0.333. The van der Waals surface area contributed by atoms with Crippen molar-refractivity contribution in [1.82, 2.24) is 4.90 Å². The van der Waals surface area contributed by atoms with Crippen molar-refractivity contribution in [2.75, 3.05) is 80.7 Å². The Balaban J connectivity index is 1.57. The van der Waals surface area contributed by atoms with Gasteiger partial charge in [-0.05, 0) is 75.6 Å². The number of morpholine rings is 1. The summed E-state index contributed by atoms with van der Waals surface area (Å²) >= 11 is 6.28. The van der Waals surface area contributed by atoms with Gasteiger partial charge in [0.1, 0.15) is 11.4 Å². The van der Waals surface area contributed by atoms with Gasteiger partial charge < -0.3 is 24.8 Å². The molecule has 3 aromatic carbocycles. The molecule has 3 aromatic rings. The van der Waals surface area contributed by atoms with Crippen molar-refractivity contribution >= 4 is 51.9 Å². The van der Waals surface area contributed by atoms with Gasteiger partial charge in [-0.15, -0.1) is 0 Å². The maximum atomic E-state index is 14.4. The van der Waals surface area contributed by atoms with Gasteiger partial charge in [0.05, 0.1) is 28.8 Å². The van der Waals surface area contributed by atoms with Crippen LogP contribution in [0.15, 0.2) is 54.6 Å². The van der Waals surface area contributed by atoms with Gasteiger partial charge in [0.15, 0.2) is 0 Å². The zero-order chi connectivity index (χ0) is 32.0. The molecule has 0 bridgehead atoms. The van der Waals surface area contributed by atoms with Crippen LogP contribution in [0.1, 0.15) is 27.1 Å². The van der Waals surface area contributed by atoms with E-state index in [1.54, 1.807) is 13.1 Å². The van der Waals surface area contributed by atoms with E-state index in [0.717, 1.165) is 13.0 Å². The summed E-state index contributed by atoms with van der Waals surface area (Å²) in [6.45, 7) is 3.60. The van der Waals surface area contributed by atoms with Crippen LogP contribution in [0.5, 0.6) is 0 Å². The lowest BCUT2D eigenvalue weighted by Gasteiger charge is -2.29. The van der Waals surface area contributed by atoms with Crippen molar-refractivity contribution in [1.29, 1.82) is 0 Å². The Labute approximate surface area is 259 Å². The molecule has 0 saturated carbocycles. The number of hydroxylamine groups is 1. The first kappa shape index (κ1) is 32.6. The molecule has 1 aliphatic rings. The maximum Gasteiger partial charge on any atom is 0.289 e. The summed E-state index contributed by atoms with van der Waals surface area (Å²) in [6.07, 6.45) is 0.810. The normalized spacial score (nSPS) is 13.1. The average molecular weight is 629 g/mol. The molecule has 1 aliphatic heterocycles. The van der Waals surface area contributed by atoms with Gasteiger partial charge in [-0.2, -0.15) is 5.06 Å². The Kier molecular flexibility index (Phi) is 10.7. The van der Waals surface area contributed by atoms with Crippen molar-refractivity contribution in [3.05, 3.63) is 86.7 Å². The van der Waals surface area contributed by atoms with Crippen LogP contribution in [0, 0.1) is 15.9 Å². The van der Waals surface area contributed by atoms with Crippen LogP contribution in [0.2, 0.25) is 5.02 Å². The lowest BCUT2D eigenvalue weighted by Crippen LogP contribution is -2.36. The molecule has 234 valence electrons. The SMILES string of the molecule is CN(C)CCCN(C)c1ccc([N+](=O)[O-])c(C(=O)N(O)c2cc(C(=O)Nc3cc(F)cc(N4CCOCC4)c3)ccc2Cl)c1. The van der Waals surface area contributed by atoms with Crippen LogP contribution >= 0.6 is 11.6 Å². The first-order valence-corrected chi connectivity index (χ1v) is 14.2. The van der Waals surface area contributed by atoms with Crippen LogP contribution in [0.4, 0.5) is 32.8 Å². The fourth-order valence-corrected chi connectivity index (χ4v) is 4.94. The Bertz CT molecular complexity index is 1530. The highest BCUT2D eigenvalue weighted by Crippen LogP contribution is 2.32. The standard InChI is InChI=1S/C30H34ClFN6O6/c1-34(2)9-4-10-35(3)23-6-8-27(38(42)43)25(19-23)30(40)37(41)28-15-20(5-7-26(28)31)29(39)33-22-16-21(32)17-24(18-22)36-11-13-44-14-12-36/h5-8,15-19,41H,4,9-14H2,1-3H3,(H,33,39). The van der Waals surface area contributed by atoms with Crippen molar-refractivity contribution in [3.8, 4) is 0 Å². The number of hydrogen-bond acceptors (Lipinski definition) is 9. The Morgan fingerprint density at radius 3 is 2.48 bits per heavy atom. The minimum absolute atomic E-state index is 0.00249. The van der Waals surface area contributed by atoms with Crippen LogP contribution in [0.3, 0.4) is 0 Å². The van der Waals surface area contributed by atoms with E-state index in [0.29, 0.717) is 44.2 Å². The molecule has 0 spiro atoms. The average Bonchev–Trinajstić information content (AvgIpc) is 3.00. The summed E-state index contributed by atoms with van der Waals surface area (Å²) in [5.74, 6) is -2.31. The van der Waals surface area contributed by atoms with Gasteiger partial charge in [0, 0.05) is 55.4 Å². The van der Waals surface area contributed by atoms with Gasteiger partial charge in [0.25, 0.3) is 17.5 Å². The lowest BCUT2D eigenvalue weighted by molar-refractivity contribution is -0.385. The van der Waals surface area contributed by atoms with E-state index in [4.69, 9.17) is 16.3 Å². The second-order valence-corrected chi connectivity index (χ2v) is 11.0. The lowest BCUT2D eigenvalue weighted by atomic mass is 10.1. The molecule has 2 amide bonds. The monoisotopic (exact) mass is 628 g/mol. The van der Waals surface area contributed by atoms with Gasteiger partial charge in [-0.1, -0.05) is 11.6 Å². The maximum absolute atomic E-state index is 14.4. The van der Waals surface area contributed by atoms with Crippen molar-refractivity contribution < 1.29 is 28.8 Å². The highest BCUT2D eigenvalue weighted by atomic mass is 35.5. The second-order valence-electron chi connectivity index (χ2n) is 10.6. The zero-order valence-electron chi connectivity index (χ0n) is 24.6. The van der Waals surface area contributed by atoms with Gasteiger partial charge in [-0.3, -0.25) is 24.9 Å². The second kappa shape index (κ2) is 14.4. The summed E-state index contributed by atoms with van der Waals surface area (Å²) in [5, 5.41) is 25.4. The van der Waals surface area contributed by atoms with Crippen molar-refractivity contribution in [2.24, 2.45) is 0 Å². The summed E-state index contributed by atoms with van der Waals surface area (Å²) in [4.78, 5) is 43.4. The number of carbonyl (C=O) groups is 2. The number of nitro groups is 1. The number of amides is 2. The molecule has 12 nitrogen and oxygen atoms in total. The smallest absolute Gasteiger partial charge is 0.289 e. The predicted octanol–water partition coefficient (Wildman–Crippen LogP) is 4.90. The van der Waals surface area contributed by atoms with E-state index in [9.17, 15) is 29.3 Å². The number of halogens is 2. The largest absolute Gasteiger partial charge is 0.378 e. The summed E-state index contributed by atoms with van der Waals surface area (Å²) in [5.41, 5.74) is 0.181. The van der Waals surface area contributed by atoms with E-state index in [1.165, 1.54) is 48.5 Å². The highest BCUT2D eigenvalue weighted by Gasteiger charge is 2.28. The number of hydrogen-bond donors (Lipinski definition) is 2. The minimum atomic E-state index is -1.11. The molecule has 0 radical (unpaired) electrons. The zero-order valence-corrected chi connectivity index (χ0v) is 25.4. The van der Waals surface area contributed by atoms with E-state index in [-0.39, 0.29) is 32.6 Å². The molecule has 4 rings (SSSR count). The molecule has 0 aromatic heterocycles. The van der Waals surface area contributed by atoms with Crippen LogP contribution < -0.4 is 20.2 Å². The molecule has 0 aliphatic carbocycles. The third kappa shape index (κ3) is 7.99. The number of rotatable bonds is 11. The molecule has 2 N–H and O–H groups in total. The number of carbonyl (C=O) groups excluding carboxylic acids is 2. The molecule has 1 saturated heterocycles. The van der Waals surface area contributed by atoms with E-state index >= 15 is 0 Å². The highest BCUT2D eigenvalue weighted by molar-refractivity contribution is 6.34. The topological polar surface area (TPSA) is 132 Å². The van der Waals surface area contributed by atoms with E-state index in [2.05, 4.69) is 5.32 Å². The van der Waals surface area contributed by atoms with Crippen molar-refractivity contribution in [2.45, 2.75) is 6.42 Å². The third-order valence-electron chi connectivity index (χ3n) is 7.09. The summed E-state index contributed by atoms with van der Waals surface area (Å²) in [7, 11) is 5.70. The Morgan fingerprint density at radius 1 is 1.07 bits per heavy atom. The van der Waals surface area contributed by atoms with Crippen LogP contribution in [-0.4, -0.2) is 87.4 Å². The number of nitrogens with one attached hydrogen (secondary N) is 1. The first-order chi connectivity index (χ1) is 20.9. The van der Waals surface area contributed by atoms with E-state index < -0.39 is 28.2 Å². The Morgan fingerprint density at radius 2 is 1.80 bits per heavy atom. The predicted molar refractivity (Wildman–Crippen MR) is 167 cm³/mol. The molecule has 1 heterocycles. The summed E-state index contributed by atoms with van der Waals surface area (Å²) < 4.78 is 19.8. The number of nitro benzene ring substituents is 1. The van der Waals surface area contributed by atoms with Crippen LogP contribution in [-0.2, 0) is 4.74 Å². The first-order valence-electron chi connectivity index (χ1n) is 13.9. The number of ether oxygens (including phenoxy) is 1. The van der Waals surface area contributed by atoms with Gasteiger partial charge in [0.2, 0.25) is 0 Å². The molecule has 0 atom stereocenters. The molecule has 44 heavy (non-hydrogen) atoms. The summed E-state index contributed by atoms with van der Waals surface area (Å²) in [6, 6.07) is 12.1. The Hall–Kier alpha value is -4.30. The molecule has 1 fully saturated rings. The molecule has 0 unspecified atom stereocenters. The molecular weight excluding hydrogens is 595 g/mol. The van der Waals surface area contributed by atoms with Gasteiger partial charge >= 0.3 is 0 Å². The third-order valence-corrected chi connectivity index (χ3v) is 7.41. The number of benzene rings is 3. The minimum Gasteiger partial charge on any atom is -0.378 e. The quantitative estimate of drug-likeness (QED) is 0.173. The van der Waals surface area contributed by atoms with Crippen molar-refractivity contribution in [3.63, 3.8) is 0 Å². The fourth-order valence-electron chi connectivity index (χ4n) is 4.74.